The summed E-state index contributed by atoms with van der Waals surface area (Å²) in [5.41, 5.74) is -0.0840. The van der Waals surface area contributed by atoms with Gasteiger partial charge in [-0.25, -0.2) is 4.79 Å². The third-order valence-corrected chi connectivity index (χ3v) is 2.42. The molecule has 1 rings (SSSR count). The Kier molecular flexibility index (Phi) is 4.62. The van der Waals surface area contributed by atoms with Gasteiger partial charge in [-0.2, -0.15) is 0 Å². The predicted octanol–water partition coefficient (Wildman–Crippen LogP) is 0.615. The molecule has 104 valence electrons. The van der Waals surface area contributed by atoms with E-state index < -0.39 is 22.8 Å². The van der Waals surface area contributed by atoms with E-state index in [1.165, 1.54) is 24.7 Å². The summed E-state index contributed by atoms with van der Waals surface area (Å²) in [6, 6.07) is 0.328. The van der Waals surface area contributed by atoms with Crippen LogP contribution in [0.15, 0.2) is 12.3 Å². The first-order chi connectivity index (χ1) is 8.86. The fraction of sp³-hybridized carbons (Fsp3) is 0.455. The molecular formula is C11H15N3O5. The van der Waals surface area contributed by atoms with Gasteiger partial charge in [-0.15, -0.1) is 0 Å². The molecule has 0 aliphatic carbocycles. The zero-order valence-electron chi connectivity index (χ0n) is 10.9. The average molecular weight is 269 g/mol. The molecule has 1 N–H and O–H groups in total. The first kappa shape index (κ1) is 14.7. The number of nitrogens with one attached hydrogen (secondary N) is 1. The summed E-state index contributed by atoms with van der Waals surface area (Å²) in [6.07, 6.45) is 1.23. The Balaban J connectivity index is 2.78. The van der Waals surface area contributed by atoms with Gasteiger partial charge >= 0.3 is 5.97 Å². The lowest BCUT2D eigenvalue weighted by Crippen LogP contribution is -2.40. The maximum atomic E-state index is 11.9. The normalized spacial score (nSPS) is 11.7. The molecular weight excluding hydrogens is 254 g/mol. The molecule has 19 heavy (non-hydrogen) atoms. The molecule has 1 unspecified atom stereocenters. The maximum absolute atomic E-state index is 11.9. The smallest absolute Gasteiger partial charge is 0.328 e. The second kappa shape index (κ2) is 5.98. The molecule has 1 aromatic rings. The van der Waals surface area contributed by atoms with E-state index in [1.807, 2.05) is 0 Å². The van der Waals surface area contributed by atoms with Crippen LogP contribution in [0.5, 0.6) is 0 Å². The Morgan fingerprint density at radius 3 is 2.68 bits per heavy atom. The van der Waals surface area contributed by atoms with Gasteiger partial charge in [0.1, 0.15) is 11.7 Å². The van der Waals surface area contributed by atoms with Crippen molar-refractivity contribution >= 4 is 17.6 Å². The number of aromatic nitrogens is 1. The number of aryl methyl sites for hydroxylation is 1. The molecule has 0 radical (unpaired) electrons. The third kappa shape index (κ3) is 3.54. The van der Waals surface area contributed by atoms with Gasteiger partial charge in [-0.1, -0.05) is 0 Å². The van der Waals surface area contributed by atoms with Crippen LogP contribution in [-0.4, -0.2) is 34.0 Å². The first-order valence-electron chi connectivity index (χ1n) is 5.65. The Hall–Kier alpha value is -2.38. The zero-order chi connectivity index (χ0) is 14.6. The van der Waals surface area contributed by atoms with Crippen molar-refractivity contribution in [2.75, 3.05) is 6.61 Å². The van der Waals surface area contributed by atoms with Crippen LogP contribution < -0.4 is 5.32 Å². The van der Waals surface area contributed by atoms with Gasteiger partial charge < -0.3 is 14.6 Å². The van der Waals surface area contributed by atoms with Gasteiger partial charge in [0.05, 0.1) is 17.7 Å². The van der Waals surface area contributed by atoms with Crippen molar-refractivity contribution in [2.45, 2.75) is 19.9 Å². The summed E-state index contributed by atoms with van der Waals surface area (Å²) >= 11 is 0. The van der Waals surface area contributed by atoms with Gasteiger partial charge in [-0.3, -0.25) is 14.9 Å². The topological polar surface area (TPSA) is 103 Å². The van der Waals surface area contributed by atoms with Crippen LogP contribution in [0.1, 0.15) is 24.3 Å². The van der Waals surface area contributed by atoms with Crippen molar-refractivity contribution in [3.05, 3.63) is 28.1 Å². The molecule has 0 fully saturated rings. The zero-order valence-corrected chi connectivity index (χ0v) is 10.9. The number of carbonyl (C=O) groups excluding carboxylic acids is 2. The number of esters is 1. The van der Waals surface area contributed by atoms with E-state index in [4.69, 9.17) is 4.74 Å². The van der Waals surface area contributed by atoms with Crippen molar-refractivity contribution in [3.8, 4) is 0 Å². The van der Waals surface area contributed by atoms with Crippen LogP contribution in [0.2, 0.25) is 0 Å². The molecule has 8 heteroatoms. The van der Waals surface area contributed by atoms with Crippen LogP contribution >= 0.6 is 0 Å². The third-order valence-electron chi connectivity index (χ3n) is 2.42. The highest BCUT2D eigenvalue weighted by molar-refractivity contribution is 5.96. The van der Waals surface area contributed by atoms with E-state index in [0.29, 0.717) is 0 Å². The quantitative estimate of drug-likeness (QED) is 0.479. The van der Waals surface area contributed by atoms with Crippen molar-refractivity contribution in [1.29, 1.82) is 0 Å². The Morgan fingerprint density at radius 2 is 2.21 bits per heavy atom. The first-order valence-corrected chi connectivity index (χ1v) is 5.65. The fourth-order valence-corrected chi connectivity index (χ4v) is 1.47. The molecule has 0 aliphatic rings. The summed E-state index contributed by atoms with van der Waals surface area (Å²) in [6.45, 7) is 3.36. The minimum Gasteiger partial charge on any atom is -0.464 e. The van der Waals surface area contributed by atoms with E-state index in [-0.39, 0.29) is 18.0 Å². The predicted molar refractivity (Wildman–Crippen MR) is 65.6 cm³/mol. The van der Waals surface area contributed by atoms with Crippen LogP contribution in [0, 0.1) is 10.1 Å². The number of nitrogens with zero attached hydrogens (tertiary/aromatic N) is 2. The monoisotopic (exact) mass is 269 g/mol. The lowest BCUT2D eigenvalue weighted by Gasteiger charge is -2.12. The number of carbonyl (C=O) groups is 2. The SMILES string of the molecule is CCOC(=O)C(C)NC(=O)c1cc([N+](=O)[O-])cn1C. The van der Waals surface area contributed by atoms with E-state index in [1.54, 1.807) is 6.92 Å². The highest BCUT2D eigenvalue weighted by Crippen LogP contribution is 2.15. The molecule has 0 spiro atoms. The van der Waals surface area contributed by atoms with Crippen LogP contribution in [0.25, 0.3) is 0 Å². The second-order valence-corrected chi connectivity index (χ2v) is 3.90. The summed E-state index contributed by atoms with van der Waals surface area (Å²) in [5, 5.41) is 13.0. The highest BCUT2D eigenvalue weighted by Gasteiger charge is 2.21. The Morgan fingerprint density at radius 1 is 1.58 bits per heavy atom. The summed E-state index contributed by atoms with van der Waals surface area (Å²) in [4.78, 5) is 33.2. The van der Waals surface area contributed by atoms with Crippen molar-refractivity contribution in [3.63, 3.8) is 0 Å². The number of nitro groups is 1. The number of ether oxygens (including phenoxy) is 1. The average Bonchev–Trinajstić information content (AvgIpc) is 2.71. The van der Waals surface area contributed by atoms with Crippen LogP contribution in [0.4, 0.5) is 5.69 Å². The van der Waals surface area contributed by atoms with Crippen molar-refractivity contribution in [1.82, 2.24) is 9.88 Å². The molecule has 0 aliphatic heterocycles. The van der Waals surface area contributed by atoms with Crippen LogP contribution in [-0.2, 0) is 16.6 Å². The Bertz CT molecular complexity index is 508. The largest absolute Gasteiger partial charge is 0.464 e. The van der Waals surface area contributed by atoms with Gasteiger partial charge in [0.15, 0.2) is 0 Å². The number of hydrogen-bond donors (Lipinski definition) is 1. The standard InChI is InChI=1S/C11H15N3O5/c1-4-19-11(16)7(2)12-10(15)9-5-8(14(17)18)6-13(9)3/h5-7H,4H2,1-3H3,(H,12,15). The molecule has 8 nitrogen and oxygen atoms in total. The number of amides is 1. The highest BCUT2D eigenvalue weighted by atomic mass is 16.6. The molecule has 0 bridgehead atoms. The van der Waals surface area contributed by atoms with E-state index >= 15 is 0 Å². The maximum Gasteiger partial charge on any atom is 0.328 e. The minimum atomic E-state index is -0.818. The number of rotatable bonds is 5. The summed E-state index contributed by atoms with van der Waals surface area (Å²) < 4.78 is 6.07. The van der Waals surface area contributed by atoms with Gasteiger partial charge in [0.2, 0.25) is 0 Å². The van der Waals surface area contributed by atoms with Crippen LogP contribution in [0.3, 0.4) is 0 Å². The molecule has 0 saturated carbocycles. The summed E-state index contributed by atoms with van der Waals surface area (Å²) in [5.74, 6) is -1.13. The van der Waals surface area contributed by atoms with E-state index in [2.05, 4.69) is 5.32 Å². The second-order valence-electron chi connectivity index (χ2n) is 3.90. The van der Waals surface area contributed by atoms with Crippen molar-refractivity contribution in [2.24, 2.45) is 7.05 Å². The van der Waals surface area contributed by atoms with Gasteiger partial charge in [0, 0.05) is 13.1 Å². The van der Waals surface area contributed by atoms with Crippen molar-refractivity contribution < 1.29 is 19.2 Å². The summed E-state index contributed by atoms with van der Waals surface area (Å²) in [7, 11) is 1.51. The number of hydrogen-bond acceptors (Lipinski definition) is 5. The lowest BCUT2D eigenvalue weighted by molar-refractivity contribution is -0.384. The fourth-order valence-electron chi connectivity index (χ4n) is 1.47. The molecule has 1 atom stereocenters. The minimum absolute atomic E-state index is 0.0999. The Labute approximate surface area is 109 Å². The molecule has 1 amide bonds. The van der Waals surface area contributed by atoms with E-state index in [0.717, 1.165) is 6.07 Å². The molecule has 0 saturated heterocycles. The molecule has 1 heterocycles. The lowest BCUT2D eigenvalue weighted by atomic mass is 10.3. The van der Waals surface area contributed by atoms with E-state index in [9.17, 15) is 19.7 Å². The molecule has 0 aromatic carbocycles. The van der Waals surface area contributed by atoms with Gasteiger partial charge in [0.25, 0.3) is 11.6 Å². The van der Waals surface area contributed by atoms with Gasteiger partial charge in [-0.05, 0) is 13.8 Å². The molecule has 1 aromatic heterocycles.